The second-order valence-electron chi connectivity index (χ2n) is 22.7. The highest BCUT2D eigenvalue weighted by atomic mass is 16.6. The number of carbonyl (C=O) groups is 6. The van der Waals surface area contributed by atoms with Crippen LogP contribution < -0.4 is 0 Å². The van der Waals surface area contributed by atoms with Crippen molar-refractivity contribution in [3.05, 3.63) is 47.6 Å². The van der Waals surface area contributed by atoms with Gasteiger partial charge < -0.3 is 53.3 Å². The van der Waals surface area contributed by atoms with E-state index < -0.39 is 108 Å². The third-order valence-corrected chi connectivity index (χ3v) is 16.3. The molecule has 0 aromatic carbocycles. The average Bonchev–Trinajstić information content (AvgIpc) is 3.40. The Morgan fingerprint density at radius 2 is 1.66 bits per heavy atom. The van der Waals surface area contributed by atoms with Crippen molar-refractivity contribution in [1.29, 1.82) is 0 Å². The van der Waals surface area contributed by atoms with Crippen LogP contribution in [0.2, 0.25) is 6.32 Å². The van der Waals surface area contributed by atoms with Gasteiger partial charge in [0.2, 0.25) is 5.79 Å². The molecule has 18 heteroatoms. The number of aliphatic hydroxyl groups is 3. The third-order valence-electron chi connectivity index (χ3n) is 16.3. The van der Waals surface area contributed by atoms with Crippen molar-refractivity contribution in [2.24, 2.45) is 46.8 Å². The molecule has 1 amide bonds. The molecule has 3 aliphatic heterocycles. The molecule has 0 spiro atoms. The van der Waals surface area contributed by atoms with Gasteiger partial charge >= 0.3 is 11.9 Å². The Morgan fingerprint density at radius 1 is 0.934 bits per heavy atom. The molecule has 4 bridgehead atoms. The summed E-state index contributed by atoms with van der Waals surface area (Å²) in [5.41, 5.74) is -0.106. The summed E-state index contributed by atoms with van der Waals surface area (Å²) in [7, 11) is 6.07. The van der Waals surface area contributed by atoms with Crippen LogP contribution in [-0.4, -0.2) is 159 Å². The summed E-state index contributed by atoms with van der Waals surface area (Å²) < 4.78 is 41.2. The van der Waals surface area contributed by atoms with Crippen LogP contribution in [0.25, 0.3) is 0 Å². The molecule has 4 aliphatic rings. The number of nitrogens with zero attached hydrogens (tertiary/aromatic N) is 1. The highest BCUT2D eigenvalue weighted by molar-refractivity contribution is 6.38. The molecule has 3 heterocycles. The summed E-state index contributed by atoms with van der Waals surface area (Å²) in [6.07, 6.45) is 10.7. The number of aliphatic hydroxyl groups excluding tert-OH is 2. The Labute approximate surface area is 453 Å². The van der Waals surface area contributed by atoms with E-state index in [1.807, 2.05) is 65.0 Å². The van der Waals surface area contributed by atoms with E-state index >= 15 is 0 Å². The zero-order chi connectivity index (χ0) is 56.5. The van der Waals surface area contributed by atoms with E-state index in [0.717, 1.165) is 5.57 Å². The van der Waals surface area contributed by atoms with Gasteiger partial charge in [0.1, 0.15) is 23.7 Å². The van der Waals surface area contributed by atoms with Gasteiger partial charge in [0.15, 0.2) is 11.6 Å². The molecule has 3 unspecified atom stereocenters. The quantitative estimate of drug-likeness (QED) is 0.0758. The molecule has 3 N–H and O–H groups in total. The largest absolute Gasteiger partial charge is 0.461 e. The summed E-state index contributed by atoms with van der Waals surface area (Å²) in [5, 5.41) is 33.6. The topological polar surface area (TPSA) is 231 Å². The van der Waals surface area contributed by atoms with E-state index in [4.69, 9.17) is 33.1 Å². The van der Waals surface area contributed by atoms with Gasteiger partial charge in [0.25, 0.3) is 19.2 Å². The van der Waals surface area contributed by atoms with Gasteiger partial charge in [0, 0.05) is 71.6 Å². The summed E-state index contributed by atoms with van der Waals surface area (Å²) in [4.78, 5) is 85.3. The predicted octanol–water partition coefficient (Wildman–Crippen LogP) is 6.66. The second kappa shape index (κ2) is 30.5. The van der Waals surface area contributed by atoms with E-state index in [1.54, 1.807) is 55.5 Å². The first-order valence-electron chi connectivity index (χ1n) is 27.7. The number of hydrogen-bond acceptors (Lipinski definition) is 16. The molecule has 0 aromatic heterocycles. The molecule has 76 heavy (non-hydrogen) atoms. The number of piperidine rings is 1. The van der Waals surface area contributed by atoms with E-state index in [0.29, 0.717) is 76.1 Å². The summed E-state index contributed by atoms with van der Waals surface area (Å²) in [5.74, 6) is -9.36. The fourth-order valence-electron chi connectivity index (χ4n) is 11.0. The Balaban J connectivity index is 1.64. The molecule has 1 aliphatic carbocycles. The van der Waals surface area contributed by atoms with Crippen LogP contribution in [0.5, 0.6) is 0 Å². The Kier molecular flexibility index (Phi) is 25.9. The maximum atomic E-state index is 14.4. The van der Waals surface area contributed by atoms with Crippen molar-refractivity contribution < 1.29 is 77.2 Å². The first-order valence-corrected chi connectivity index (χ1v) is 27.7. The van der Waals surface area contributed by atoms with Crippen molar-refractivity contribution in [1.82, 2.24) is 4.90 Å². The number of ether oxygens (including phenoxy) is 6. The fourth-order valence-corrected chi connectivity index (χ4v) is 11.0. The number of rotatable bonds is 13. The first kappa shape index (κ1) is 64.6. The number of fused-ring (bicyclic) bond motifs is 4. The standard InChI is InChI=1S/C58H91BNO16/c1-13-59-73-34-57(9,33-61)56(68)75-46-24-22-42(29-49(46)71-11)28-38(5)48-31-45(62)37(4)27-40(7)51(64)52(72-12)50(63)39(6)26-35(2)18-15-14-16-19-36(3)47(70-10)30-44-23-21-41(8)58(69,76-44)53(65)54(66)60-25-17-20-43(32-60)55(67)74-48/h14-16,18-19,27,35,38-44,46-49,51-52,61,64,69H,13,17,20-26,28-34H2,1-12H3/b16-14?,18-15?,36-19?,37-27+/t35-,38-,39-,40?,41-,42+,43?,44+,46-,47+,48+,49-,51-,52+,57?,58-/m1/s1. The van der Waals surface area contributed by atoms with Crippen LogP contribution in [0.15, 0.2) is 47.6 Å². The number of methoxy groups -OCH3 is 3. The van der Waals surface area contributed by atoms with Gasteiger partial charge in [-0.3, -0.25) is 28.8 Å². The lowest BCUT2D eigenvalue weighted by Gasteiger charge is -2.42. The maximum absolute atomic E-state index is 14.4. The minimum absolute atomic E-state index is 0.00204. The van der Waals surface area contributed by atoms with Gasteiger partial charge in [-0.1, -0.05) is 84.3 Å². The van der Waals surface area contributed by atoms with Gasteiger partial charge in [0.05, 0.1) is 36.9 Å². The lowest BCUT2D eigenvalue weighted by atomic mass is 9.78. The van der Waals surface area contributed by atoms with Crippen molar-refractivity contribution in [3.8, 4) is 0 Å². The van der Waals surface area contributed by atoms with Crippen LogP contribution in [0, 0.1) is 46.8 Å². The van der Waals surface area contributed by atoms with Gasteiger partial charge in [-0.25, -0.2) is 0 Å². The first-order chi connectivity index (χ1) is 36.0. The van der Waals surface area contributed by atoms with E-state index in [1.165, 1.54) is 12.0 Å². The maximum Gasteiger partial charge on any atom is 0.316 e. The van der Waals surface area contributed by atoms with Gasteiger partial charge in [-0.2, -0.15) is 0 Å². The number of hydrogen-bond donors (Lipinski definition) is 3. The van der Waals surface area contributed by atoms with Crippen LogP contribution in [-0.2, 0) is 61.8 Å². The molecule has 17 nitrogen and oxygen atoms in total. The minimum atomic E-state index is -2.40. The highest BCUT2D eigenvalue weighted by Crippen LogP contribution is 2.38. The third kappa shape index (κ3) is 17.6. The monoisotopic (exact) mass is 1070 g/mol. The molecule has 1 saturated carbocycles. The molecule has 427 valence electrons. The highest BCUT2D eigenvalue weighted by Gasteiger charge is 2.52. The number of Topliss-reactive ketones (excluding diaryl/α,β-unsaturated/α-hetero) is 3. The van der Waals surface area contributed by atoms with Gasteiger partial charge in [-0.15, -0.1) is 0 Å². The molecule has 2 saturated heterocycles. The lowest BCUT2D eigenvalue weighted by Crippen LogP contribution is -2.59. The molecule has 16 atom stereocenters. The molecule has 1 radical (unpaired) electrons. The Bertz CT molecular complexity index is 2070. The number of esters is 2. The van der Waals surface area contributed by atoms with Crippen molar-refractivity contribution >= 4 is 42.7 Å². The zero-order valence-electron chi connectivity index (χ0n) is 47.5. The van der Waals surface area contributed by atoms with Crippen molar-refractivity contribution in [3.63, 3.8) is 0 Å². The summed E-state index contributed by atoms with van der Waals surface area (Å²) >= 11 is 0. The van der Waals surface area contributed by atoms with Crippen LogP contribution >= 0.6 is 0 Å². The Morgan fingerprint density at radius 3 is 2.32 bits per heavy atom. The number of carbonyl (C=O) groups excluding carboxylic acids is 6. The molecule has 0 aromatic rings. The number of ketones is 3. The SMILES string of the molecule is CC[B]OCC(C)(CO)C(=O)O[C@@H]1CC[C@@H](C[C@@H](C)[C@@H]2CC(=O)/C(C)=C/C(C)[C@@H](O)[C@@H](OC)C(=O)[C@H](C)C[C@H](C)C=CC=CC=C(C)[C@@H](OC)C[C@@H]3CC[C@@H](C)[C@@](O)(O3)C(=O)C(=O)N3CCCC(C3)C(=O)O2)C[C@H]1OC. The lowest BCUT2D eigenvalue weighted by molar-refractivity contribution is -0.265. The van der Waals surface area contributed by atoms with E-state index in [-0.39, 0.29) is 55.4 Å². The van der Waals surface area contributed by atoms with Crippen molar-refractivity contribution in [2.75, 3.05) is 47.6 Å². The molecule has 4 rings (SSSR count). The summed E-state index contributed by atoms with van der Waals surface area (Å²) in [6, 6.07) is 0. The molecular formula is C58H91BNO16. The van der Waals surface area contributed by atoms with E-state index in [2.05, 4.69) is 0 Å². The molecule has 3 fully saturated rings. The fraction of sp³-hybridized carbons (Fsp3) is 0.759. The van der Waals surface area contributed by atoms with Crippen LogP contribution in [0.1, 0.15) is 133 Å². The van der Waals surface area contributed by atoms with Crippen LogP contribution in [0.4, 0.5) is 0 Å². The van der Waals surface area contributed by atoms with Crippen LogP contribution in [0.3, 0.4) is 0 Å². The molecular weight excluding hydrogens is 977 g/mol. The van der Waals surface area contributed by atoms with Gasteiger partial charge in [-0.05, 0) is 107 Å². The normalized spacial score (nSPS) is 35.5. The zero-order valence-corrected chi connectivity index (χ0v) is 47.5. The number of allylic oxidation sites excluding steroid dienone is 6. The average molecular weight is 1070 g/mol. The second-order valence-corrected chi connectivity index (χ2v) is 22.7. The summed E-state index contributed by atoms with van der Waals surface area (Å²) in [6.45, 7) is 15.6. The minimum Gasteiger partial charge on any atom is -0.461 e. The number of cyclic esters (lactones) is 1. The Hall–Kier alpha value is -3.88. The predicted molar refractivity (Wildman–Crippen MR) is 286 cm³/mol. The van der Waals surface area contributed by atoms with Crippen molar-refractivity contribution in [2.45, 2.75) is 188 Å². The smallest absolute Gasteiger partial charge is 0.316 e. The van der Waals surface area contributed by atoms with E-state index in [9.17, 15) is 44.1 Å². The number of amides is 1.